The van der Waals surface area contributed by atoms with Crippen molar-refractivity contribution in [3.8, 4) is 5.95 Å². The lowest BCUT2D eigenvalue weighted by atomic mass is 10.3. The molecule has 1 amide bonds. The van der Waals surface area contributed by atoms with Crippen LogP contribution in [0.25, 0.3) is 17.1 Å². The molecule has 12 nitrogen and oxygen atoms in total. The van der Waals surface area contributed by atoms with Crippen molar-refractivity contribution < 1.29 is 4.79 Å². The van der Waals surface area contributed by atoms with E-state index in [2.05, 4.69) is 25.0 Å². The smallest absolute Gasteiger partial charge is 0.316 e. The highest BCUT2D eigenvalue weighted by molar-refractivity contribution is 6.05. The summed E-state index contributed by atoms with van der Waals surface area (Å²) in [4.78, 5) is 54.8. The predicted molar refractivity (Wildman–Crippen MR) is 110 cm³/mol. The Kier molecular flexibility index (Phi) is 4.27. The highest BCUT2D eigenvalue weighted by atomic mass is 16.2. The monoisotopic (exact) mass is 421 g/mol. The van der Waals surface area contributed by atoms with Crippen LogP contribution in [0.15, 0.2) is 40.7 Å². The zero-order valence-electron chi connectivity index (χ0n) is 16.9. The van der Waals surface area contributed by atoms with Crippen LogP contribution < -0.4 is 16.1 Å². The van der Waals surface area contributed by atoms with Gasteiger partial charge in [-0.25, -0.2) is 19.4 Å². The van der Waals surface area contributed by atoms with Gasteiger partial charge in [0.2, 0.25) is 5.95 Å². The van der Waals surface area contributed by atoms with Gasteiger partial charge >= 0.3 is 5.69 Å². The first-order valence-electron chi connectivity index (χ1n) is 9.82. The van der Waals surface area contributed by atoms with E-state index in [1.807, 2.05) is 6.92 Å². The second-order valence-electron chi connectivity index (χ2n) is 7.33. The molecule has 1 aliphatic rings. The molecule has 0 aromatic carbocycles. The molecule has 1 fully saturated rings. The number of carbonyl (C=O) groups excluding carboxylic acids is 1. The molecule has 1 N–H and O–H groups in total. The number of imidazole rings is 1. The molecule has 0 radical (unpaired) electrons. The van der Waals surface area contributed by atoms with Crippen molar-refractivity contribution in [2.75, 3.05) is 11.9 Å². The van der Waals surface area contributed by atoms with E-state index >= 15 is 0 Å². The number of rotatable bonds is 5. The minimum Gasteiger partial charge on any atom is -0.316 e. The number of amides is 1. The van der Waals surface area contributed by atoms with Crippen LogP contribution in [0.5, 0.6) is 0 Å². The minimum absolute atomic E-state index is 0.0492. The van der Waals surface area contributed by atoms with Crippen LogP contribution >= 0.6 is 0 Å². The number of H-pyrrole nitrogens is 1. The van der Waals surface area contributed by atoms with Crippen LogP contribution in [0.2, 0.25) is 0 Å². The molecule has 1 aliphatic carbocycles. The van der Waals surface area contributed by atoms with E-state index in [1.165, 1.54) is 43.6 Å². The number of hydrogen-bond donors (Lipinski definition) is 1. The third kappa shape index (κ3) is 3.03. The Morgan fingerprint density at radius 1 is 1.23 bits per heavy atom. The molecular weight excluding hydrogens is 402 g/mol. The predicted octanol–water partition coefficient (Wildman–Crippen LogP) is 0.493. The van der Waals surface area contributed by atoms with Crippen molar-refractivity contribution in [1.82, 2.24) is 38.9 Å². The zero-order chi connectivity index (χ0) is 21.7. The molecule has 5 rings (SSSR count). The fraction of sp³-hybridized carbons (Fsp3) is 0.316. The molecule has 12 heteroatoms. The molecule has 1 saturated carbocycles. The molecule has 0 spiro atoms. The summed E-state index contributed by atoms with van der Waals surface area (Å²) in [6, 6.07) is -0.0492. The van der Waals surface area contributed by atoms with Gasteiger partial charge in [0.05, 0.1) is 23.6 Å². The van der Waals surface area contributed by atoms with E-state index in [4.69, 9.17) is 0 Å². The number of anilines is 1. The van der Waals surface area contributed by atoms with Gasteiger partial charge in [0.1, 0.15) is 6.33 Å². The first-order chi connectivity index (χ1) is 15.0. The van der Waals surface area contributed by atoms with E-state index < -0.39 is 0 Å². The third-order valence-electron chi connectivity index (χ3n) is 5.31. The standard InChI is InChI=1S/C19H19N9O3/c1-3-26-15-14(17(30)28(19(26)31)12-4-5-12)23-18(24-15)27-9-13(8-22-27)25(2)16(29)11-6-20-10-21-7-11/h6-10,12H,3-5H2,1-2H3,(H,23,24). The Morgan fingerprint density at radius 3 is 2.65 bits per heavy atom. The molecule has 4 aromatic heterocycles. The molecule has 0 aliphatic heterocycles. The molecular formula is C19H19N9O3. The van der Waals surface area contributed by atoms with Crippen molar-refractivity contribution in [2.24, 2.45) is 0 Å². The molecule has 0 unspecified atom stereocenters. The molecule has 0 atom stereocenters. The number of nitrogens with zero attached hydrogens (tertiary/aromatic N) is 8. The van der Waals surface area contributed by atoms with Crippen molar-refractivity contribution in [1.29, 1.82) is 0 Å². The quantitative estimate of drug-likeness (QED) is 0.495. The highest BCUT2D eigenvalue weighted by Gasteiger charge is 2.30. The van der Waals surface area contributed by atoms with Crippen molar-refractivity contribution >= 4 is 22.8 Å². The largest absolute Gasteiger partial charge is 0.332 e. The lowest BCUT2D eigenvalue weighted by Crippen LogP contribution is -2.39. The van der Waals surface area contributed by atoms with E-state index in [1.54, 1.807) is 13.2 Å². The summed E-state index contributed by atoms with van der Waals surface area (Å²) in [5, 5.41) is 4.26. The summed E-state index contributed by atoms with van der Waals surface area (Å²) in [7, 11) is 1.61. The summed E-state index contributed by atoms with van der Waals surface area (Å²) < 4.78 is 4.20. The summed E-state index contributed by atoms with van der Waals surface area (Å²) in [6.07, 6.45) is 8.97. The second kappa shape index (κ2) is 7.00. The molecule has 4 heterocycles. The number of hydrogen-bond acceptors (Lipinski definition) is 7. The van der Waals surface area contributed by atoms with Crippen LogP contribution in [-0.2, 0) is 6.54 Å². The molecule has 0 saturated heterocycles. The van der Waals surface area contributed by atoms with Gasteiger partial charge in [-0.2, -0.15) is 10.1 Å². The van der Waals surface area contributed by atoms with Gasteiger partial charge in [-0.3, -0.25) is 18.7 Å². The van der Waals surface area contributed by atoms with Gasteiger partial charge in [0.15, 0.2) is 11.2 Å². The number of carbonyl (C=O) groups is 1. The maximum atomic E-state index is 12.9. The Morgan fingerprint density at radius 2 is 1.97 bits per heavy atom. The van der Waals surface area contributed by atoms with Gasteiger partial charge in [-0.1, -0.05) is 0 Å². The van der Waals surface area contributed by atoms with E-state index in [0.717, 1.165) is 12.8 Å². The first kappa shape index (κ1) is 18.9. The maximum absolute atomic E-state index is 12.9. The van der Waals surface area contributed by atoms with Crippen LogP contribution in [0.1, 0.15) is 36.2 Å². The van der Waals surface area contributed by atoms with Crippen LogP contribution in [-0.4, -0.2) is 51.8 Å². The Labute approximate surface area is 174 Å². The number of nitrogens with one attached hydrogen (secondary N) is 1. The van der Waals surface area contributed by atoms with Gasteiger partial charge in [-0.05, 0) is 19.8 Å². The van der Waals surface area contributed by atoms with Crippen LogP contribution in [0, 0.1) is 0 Å². The zero-order valence-corrected chi connectivity index (χ0v) is 16.9. The summed E-state index contributed by atoms with van der Waals surface area (Å²) >= 11 is 0. The van der Waals surface area contributed by atoms with Crippen molar-refractivity contribution in [3.05, 3.63) is 57.5 Å². The third-order valence-corrected chi connectivity index (χ3v) is 5.31. The molecule has 4 aromatic rings. The van der Waals surface area contributed by atoms with Gasteiger partial charge in [-0.15, -0.1) is 0 Å². The normalized spacial score (nSPS) is 13.6. The lowest BCUT2D eigenvalue weighted by molar-refractivity contribution is 0.0992. The molecule has 31 heavy (non-hydrogen) atoms. The van der Waals surface area contributed by atoms with Gasteiger partial charge < -0.3 is 9.88 Å². The topological polar surface area (TPSA) is 137 Å². The molecule has 158 valence electrons. The molecule has 0 bridgehead atoms. The number of fused-ring (bicyclic) bond motifs is 1. The fourth-order valence-electron chi connectivity index (χ4n) is 3.50. The minimum atomic E-state index is -0.380. The van der Waals surface area contributed by atoms with Crippen molar-refractivity contribution in [2.45, 2.75) is 32.4 Å². The van der Waals surface area contributed by atoms with E-state index in [-0.39, 0.29) is 40.3 Å². The Hall–Kier alpha value is -4.09. The van der Waals surface area contributed by atoms with Crippen LogP contribution in [0.4, 0.5) is 5.69 Å². The first-order valence-corrected chi connectivity index (χ1v) is 9.82. The van der Waals surface area contributed by atoms with Crippen molar-refractivity contribution in [3.63, 3.8) is 0 Å². The summed E-state index contributed by atoms with van der Waals surface area (Å²) in [5.74, 6) is -0.0192. The SMILES string of the molecule is CCn1c(=O)n(C2CC2)c(=O)c2[nH]c(-n3cc(N(C)C(=O)c4cncnc4)cn3)nc21. The van der Waals surface area contributed by atoms with E-state index in [0.29, 0.717) is 17.8 Å². The number of aromatic amines is 1. The number of aryl methyl sites for hydroxylation is 1. The average molecular weight is 421 g/mol. The highest BCUT2D eigenvalue weighted by Crippen LogP contribution is 2.32. The summed E-state index contributed by atoms with van der Waals surface area (Å²) in [5.41, 5.74) is 0.664. The van der Waals surface area contributed by atoms with E-state index in [9.17, 15) is 14.4 Å². The maximum Gasteiger partial charge on any atom is 0.332 e. The van der Waals surface area contributed by atoms with Gasteiger partial charge in [0.25, 0.3) is 11.5 Å². The second-order valence-corrected chi connectivity index (χ2v) is 7.33. The Balaban J connectivity index is 1.55. The lowest BCUT2D eigenvalue weighted by Gasteiger charge is -2.14. The fourth-order valence-corrected chi connectivity index (χ4v) is 3.50. The average Bonchev–Trinajstić information content (AvgIpc) is 3.32. The number of aromatic nitrogens is 8. The van der Waals surface area contributed by atoms with Gasteiger partial charge in [0, 0.05) is 32.0 Å². The van der Waals surface area contributed by atoms with Crippen LogP contribution in [0.3, 0.4) is 0 Å². The summed E-state index contributed by atoms with van der Waals surface area (Å²) in [6.45, 7) is 2.21. The Bertz CT molecular complexity index is 1410.